The average Bonchev–Trinajstić information content (AvgIpc) is 2.92. The van der Waals surface area contributed by atoms with Gasteiger partial charge in [0.1, 0.15) is 5.82 Å². The van der Waals surface area contributed by atoms with Gasteiger partial charge in [0.15, 0.2) is 0 Å². The lowest BCUT2D eigenvalue weighted by Gasteiger charge is -2.21. The molecule has 128 valence electrons. The maximum Gasteiger partial charge on any atom is 0.213 e. The van der Waals surface area contributed by atoms with Gasteiger partial charge in [-0.2, -0.15) is 0 Å². The van der Waals surface area contributed by atoms with E-state index in [0.29, 0.717) is 12.4 Å². The van der Waals surface area contributed by atoms with Gasteiger partial charge in [0.2, 0.25) is 5.88 Å². The fraction of sp³-hybridized carbons (Fsp3) is 0.474. The molecule has 0 saturated carbocycles. The highest BCUT2D eigenvalue weighted by Crippen LogP contribution is 2.17. The van der Waals surface area contributed by atoms with Crippen molar-refractivity contribution in [3.05, 3.63) is 47.8 Å². The van der Waals surface area contributed by atoms with E-state index in [9.17, 15) is 0 Å². The van der Waals surface area contributed by atoms with Crippen LogP contribution >= 0.6 is 0 Å². The zero-order valence-electron chi connectivity index (χ0n) is 14.4. The molecule has 0 aromatic carbocycles. The maximum atomic E-state index is 5.15. The van der Waals surface area contributed by atoms with E-state index >= 15 is 0 Å². The molecule has 3 heterocycles. The van der Waals surface area contributed by atoms with E-state index < -0.39 is 0 Å². The largest absolute Gasteiger partial charge is 0.481 e. The van der Waals surface area contributed by atoms with Gasteiger partial charge in [-0.1, -0.05) is 25.0 Å². The number of rotatable bonds is 6. The lowest BCUT2D eigenvalue weighted by Crippen LogP contribution is -2.24. The predicted molar refractivity (Wildman–Crippen MR) is 96.3 cm³/mol. The molecule has 0 bridgehead atoms. The molecular formula is C19H26N4O. The van der Waals surface area contributed by atoms with E-state index in [-0.39, 0.29) is 0 Å². The second-order valence-corrected chi connectivity index (χ2v) is 6.20. The molecule has 3 rings (SSSR count). The molecule has 0 aliphatic carbocycles. The van der Waals surface area contributed by atoms with Crippen molar-refractivity contribution in [3.63, 3.8) is 0 Å². The van der Waals surface area contributed by atoms with E-state index in [0.717, 1.165) is 31.1 Å². The molecule has 1 saturated heterocycles. The third-order valence-electron chi connectivity index (χ3n) is 4.36. The molecule has 0 radical (unpaired) electrons. The number of aromatic nitrogens is 2. The van der Waals surface area contributed by atoms with Gasteiger partial charge in [0.25, 0.3) is 0 Å². The number of hydrogen-bond donors (Lipinski definition) is 1. The van der Waals surface area contributed by atoms with Crippen LogP contribution in [0.3, 0.4) is 0 Å². The van der Waals surface area contributed by atoms with Gasteiger partial charge in [-0.25, -0.2) is 9.97 Å². The van der Waals surface area contributed by atoms with Crippen LogP contribution in [0.25, 0.3) is 0 Å². The van der Waals surface area contributed by atoms with Crippen LogP contribution < -0.4 is 15.0 Å². The van der Waals surface area contributed by atoms with E-state index in [2.05, 4.69) is 32.3 Å². The Bertz CT molecular complexity index is 622. The van der Waals surface area contributed by atoms with Gasteiger partial charge < -0.3 is 15.0 Å². The Morgan fingerprint density at radius 3 is 2.58 bits per heavy atom. The molecule has 1 fully saturated rings. The first-order chi connectivity index (χ1) is 11.8. The zero-order valence-corrected chi connectivity index (χ0v) is 14.4. The van der Waals surface area contributed by atoms with Crippen molar-refractivity contribution in [3.8, 4) is 5.88 Å². The third kappa shape index (κ3) is 4.68. The van der Waals surface area contributed by atoms with Crippen molar-refractivity contribution in [2.24, 2.45) is 0 Å². The van der Waals surface area contributed by atoms with Gasteiger partial charge >= 0.3 is 0 Å². The number of methoxy groups -OCH3 is 1. The Kier molecular flexibility index (Phi) is 6.01. The van der Waals surface area contributed by atoms with E-state index in [1.54, 1.807) is 7.11 Å². The van der Waals surface area contributed by atoms with Crippen molar-refractivity contribution in [2.45, 2.75) is 38.8 Å². The molecule has 1 aliphatic heterocycles. The Hall–Kier alpha value is -2.14. The molecule has 1 aliphatic rings. The summed E-state index contributed by atoms with van der Waals surface area (Å²) < 4.78 is 5.15. The highest BCUT2D eigenvalue weighted by molar-refractivity contribution is 5.39. The second-order valence-electron chi connectivity index (χ2n) is 6.20. The van der Waals surface area contributed by atoms with Gasteiger partial charge in [-0.3, -0.25) is 0 Å². The van der Waals surface area contributed by atoms with Crippen LogP contribution in [-0.2, 0) is 13.1 Å². The number of anilines is 1. The summed E-state index contributed by atoms with van der Waals surface area (Å²) in [5, 5.41) is 3.41. The monoisotopic (exact) mass is 326 g/mol. The van der Waals surface area contributed by atoms with Gasteiger partial charge in [-0.15, -0.1) is 0 Å². The number of hydrogen-bond acceptors (Lipinski definition) is 5. The zero-order chi connectivity index (χ0) is 16.6. The summed E-state index contributed by atoms with van der Waals surface area (Å²) in [6.45, 7) is 3.76. The Labute approximate surface area is 144 Å². The van der Waals surface area contributed by atoms with Crippen LogP contribution in [0.4, 0.5) is 5.82 Å². The minimum atomic E-state index is 0.651. The Balaban J connectivity index is 1.50. The molecule has 2 aromatic heterocycles. The highest BCUT2D eigenvalue weighted by Gasteiger charge is 2.10. The SMILES string of the molecule is COc1cccc(CNCc2ccc(N3CCCCCC3)nc2)n1. The van der Waals surface area contributed by atoms with Gasteiger partial charge in [0, 0.05) is 38.4 Å². The fourth-order valence-electron chi connectivity index (χ4n) is 3.01. The van der Waals surface area contributed by atoms with Gasteiger partial charge in [0.05, 0.1) is 12.8 Å². The van der Waals surface area contributed by atoms with Crippen molar-refractivity contribution in [1.82, 2.24) is 15.3 Å². The van der Waals surface area contributed by atoms with Crippen molar-refractivity contribution in [1.29, 1.82) is 0 Å². The quantitative estimate of drug-likeness (QED) is 0.884. The first-order valence-corrected chi connectivity index (χ1v) is 8.76. The predicted octanol–water partition coefficient (Wildman–Crippen LogP) is 3.16. The first-order valence-electron chi connectivity index (χ1n) is 8.76. The summed E-state index contributed by atoms with van der Waals surface area (Å²) in [7, 11) is 1.64. The molecule has 0 spiro atoms. The summed E-state index contributed by atoms with van der Waals surface area (Å²) in [4.78, 5) is 11.5. The van der Waals surface area contributed by atoms with Crippen molar-refractivity contribution >= 4 is 5.82 Å². The minimum Gasteiger partial charge on any atom is -0.481 e. The van der Waals surface area contributed by atoms with Crippen molar-refractivity contribution in [2.75, 3.05) is 25.1 Å². The van der Waals surface area contributed by atoms with Crippen LogP contribution in [0.2, 0.25) is 0 Å². The number of nitrogens with one attached hydrogen (secondary N) is 1. The maximum absolute atomic E-state index is 5.15. The van der Waals surface area contributed by atoms with Crippen LogP contribution in [0.1, 0.15) is 36.9 Å². The second kappa shape index (κ2) is 8.64. The minimum absolute atomic E-state index is 0.651. The fourth-order valence-corrected chi connectivity index (χ4v) is 3.01. The van der Waals surface area contributed by atoms with Crippen LogP contribution in [0.15, 0.2) is 36.5 Å². The lowest BCUT2D eigenvalue weighted by atomic mass is 10.2. The molecule has 0 atom stereocenters. The molecule has 5 heteroatoms. The molecule has 2 aromatic rings. The number of nitrogens with zero attached hydrogens (tertiary/aromatic N) is 3. The lowest BCUT2D eigenvalue weighted by molar-refractivity contribution is 0.395. The average molecular weight is 326 g/mol. The molecule has 24 heavy (non-hydrogen) atoms. The smallest absolute Gasteiger partial charge is 0.213 e. The van der Waals surface area contributed by atoms with Crippen LogP contribution in [-0.4, -0.2) is 30.2 Å². The number of ether oxygens (including phenoxy) is 1. The molecule has 1 N–H and O–H groups in total. The Morgan fingerprint density at radius 2 is 1.88 bits per heavy atom. The van der Waals surface area contributed by atoms with Crippen molar-refractivity contribution < 1.29 is 4.74 Å². The molecular weight excluding hydrogens is 300 g/mol. The van der Waals surface area contributed by atoms with Crippen LogP contribution in [0.5, 0.6) is 5.88 Å². The Morgan fingerprint density at radius 1 is 1.04 bits per heavy atom. The molecule has 0 unspecified atom stereocenters. The number of pyridine rings is 2. The summed E-state index contributed by atoms with van der Waals surface area (Å²) in [6, 6.07) is 10.1. The first kappa shape index (κ1) is 16.7. The van der Waals surface area contributed by atoms with Gasteiger partial charge in [-0.05, 0) is 30.5 Å². The third-order valence-corrected chi connectivity index (χ3v) is 4.36. The topological polar surface area (TPSA) is 50.3 Å². The standard InChI is InChI=1S/C19H26N4O/c1-24-19-8-6-7-17(22-19)15-20-13-16-9-10-18(21-14-16)23-11-4-2-3-5-12-23/h6-10,14,20H,2-5,11-13,15H2,1H3. The summed E-state index contributed by atoms with van der Waals surface area (Å²) in [5.74, 6) is 1.76. The van der Waals surface area contributed by atoms with E-state index in [1.165, 1.54) is 31.2 Å². The summed E-state index contributed by atoms with van der Waals surface area (Å²) in [5.41, 5.74) is 2.17. The summed E-state index contributed by atoms with van der Waals surface area (Å²) >= 11 is 0. The highest BCUT2D eigenvalue weighted by atomic mass is 16.5. The molecule has 0 amide bonds. The van der Waals surface area contributed by atoms with E-state index in [1.807, 2.05) is 24.4 Å². The molecule has 5 nitrogen and oxygen atoms in total. The van der Waals surface area contributed by atoms with Crippen LogP contribution in [0, 0.1) is 0 Å². The summed E-state index contributed by atoms with van der Waals surface area (Å²) in [6.07, 6.45) is 7.22. The normalized spacial score (nSPS) is 15.1. The van der Waals surface area contributed by atoms with E-state index in [4.69, 9.17) is 4.74 Å².